The summed E-state index contributed by atoms with van der Waals surface area (Å²) in [4.78, 5) is 11.7. The van der Waals surface area contributed by atoms with Gasteiger partial charge >= 0.3 is 0 Å². The van der Waals surface area contributed by atoms with Gasteiger partial charge in [0.1, 0.15) is 5.60 Å². The van der Waals surface area contributed by atoms with Crippen LogP contribution in [0.25, 0.3) is 0 Å². The van der Waals surface area contributed by atoms with Gasteiger partial charge in [-0.3, -0.25) is 4.79 Å². The molecule has 13 heavy (non-hydrogen) atoms. The molecular formula is C11H18O2. The van der Waals surface area contributed by atoms with E-state index in [1.807, 2.05) is 19.1 Å². The molecule has 2 nitrogen and oxygen atoms in total. The normalized spacial score (nSPS) is 13.8. The largest absolute Gasteiger partial charge is 0.371 e. The topological polar surface area (TPSA) is 26.3 Å². The highest BCUT2D eigenvalue weighted by molar-refractivity contribution is 6.01. The molecule has 0 atom stereocenters. The Balaban J connectivity index is 4.61. The van der Waals surface area contributed by atoms with Crippen molar-refractivity contribution in [1.82, 2.24) is 0 Å². The van der Waals surface area contributed by atoms with Gasteiger partial charge < -0.3 is 4.74 Å². The molecule has 0 radical (unpaired) electrons. The highest BCUT2D eigenvalue weighted by Crippen LogP contribution is 2.14. The number of ether oxygens (including phenoxy) is 1. The van der Waals surface area contributed by atoms with Gasteiger partial charge in [-0.05, 0) is 33.3 Å². The predicted octanol–water partition coefficient (Wildman–Crippen LogP) is 2.50. The molecule has 0 aliphatic rings. The Kier molecular flexibility index (Phi) is 4.63. The summed E-state index contributed by atoms with van der Waals surface area (Å²) in [5, 5.41) is 0. The highest BCUT2D eigenvalue weighted by atomic mass is 16.5. The first-order valence-corrected chi connectivity index (χ1v) is 4.35. The molecule has 0 amide bonds. The zero-order valence-corrected chi connectivity index (χ0v) is 9.05. The Labute approximate surface area is 80.3 Å². The number of allylic oxidation sites excluding steroid dienone is 3. The van der Waals surface area contributed by atoms with Gasteiger partial charge in [0.25, 0.3) is 0 Å². The van der Waals surface area contributed by atoms with Crippen LogP contribution in [0.3, 0.4) is 0 Å². The third-order valence-electron chi connectivity index (χ3n) is 1.95. The monoisotopic (exact) mass is 182 g/mol. The van der Waals surface area contributed by atoms with Crippen molar-refractivity contribution >= 4 is 5.78 Å². The van der Waals surface area contributed by atoms with Gasteiger partial charge in [0, 0.05) is 7.11 Å². The SMILES string of the molecule is C/C=C\C=C(/C)C(=O)C(C)(C)OC. The zero-order valence-electron chi connectivity index (χ0n) is 9.05. The maximum atomic E-state index is 11.7. The number of hydrogen-bond donors (Lipinski definition) is 0. The Hall–Kier alpha value is -0.890. The summed E-state index contributed by atoms with van der Waals surface area (Å²) in [6, 6.07) is 0. The van der Waals surface area contributed by atoms with Crippen molar-refractivity contribution in [3.8, 4) is 0 Å². The maximum absolute atomic E-state index is 11.7. The quantitative estimate of drug-likeness (QED) is 0.493. The molecule has 0 aromatic rings. The molecule has 0 spiro atoms. The van der Waals surface area contributed by atoms with Crippen molar-refractivity contribution in [3.05, 3.63) is 23.8 Å². The first-order valence-electron chi connectivity index (χ1n) is 4.35. The van der Waals surface area contributed by atoms with Crippen LogP contribution in [-0.2, 0) is 9.53 Å². The molecular weight excluding hydrogens is 164 g/mol. The van der Waals surface area contributed by atoms with Crippen LogP contribution in [0.15, 0.2) is 23.8 Å². The van der Waals surface area contributed by atoms with Gasteiger partial charge in [0.05, 0.1) is 0 Å². The third-order valence-corrected chi connectivity index (χ3v) is 1.95. The predicted molar refractivity (Wildman–Crippen MR) is 54.7 cm³/mol. The van der Waals surface area contributed by atoms with E-state index in [-0.39, 0.29) is 5.78 Å². The molecule has 0 aliphatic heterocycles. The summed E-state index contributed by atoms with van der Waals surface area (Å²) >= 11 is 0. The van der Waals surface area contributed by atoms with E-state index in [4.69, 9.17) is 4.74 Å². The molecule has 0 N–H and O–H groups in total. The van der Waals surface area contributed by atoms with Crippen LogP contribution in [0.5, 0.6) is 0 Å². The first kappa shape index (κ1) is 12.1. The molecule has 0 rings (SSSR count). The summed E-state index contributed by atoms with van der Waals surface area (Å²) in [5.41, 5.74) is -0.00716. The second-order valence-electron chi connectivity index (χ2n) is 3.42. The van der Waals surface area contributed by atoms with Gasteiger partial charge in [-0.1, -0.05) is 18.2 Å². The Bertz CT molecular complexity index is 234. The number of rotatable bonds is 4. The van der Waals surface area contributed by atoms with Gasteiger partial charge in [0.2, 0.25) is 0 Å². The van der Waals surface area contributed by atoms with Crippen molar-refractivity contribution in [2.24, 2.45) is 0 Å². The number of hydrogen-bond acceptors (Lipinski definition) is 2. The molecule has 0 fully saturated rings. The molecule has 0 saturated carbocycles. The minimum Gasteiger partial charge on any atom is -0.371 e. The lowest BCUT2D eigenvalue weighted by Crippen LogP contribution is -2.34. The second-order valence-corrected chi connectivity index (χ2v) is 3.42. The summed E-state index contributed by atoms with van der Waals surface area (Å²) in [7, 11) is 1.54. The molecule has 0 bridgehead atoms. The number of methoxy groups -OCH3 is 1. The minimum absolute atomic E-state index is 0.0214. The molecule has 0 aromatic heterocycles. The highest BCUT2D eigenvalue weighted by Gasteiger charge is 2.27. The average molecular weight is 182 g/mol. The van der Waals surface area contributed by atoms with Crippen molar-refractivity contribution in [3.63, 3.8) is 0 Å². The van der Waals surface area contributed by atoms with E-state index in [0.717, 1.165) is 0 Å². The van der Waals surface area contributed by atoms with E-state index in [9.17, 15) is 4.79 Å². The summed E-state index contributed by atoms with van der Waals surface area (Å²) in [6.45, 7) is 7.24. The number of carbonyl (C=O) groups is 1. The fourth-order valence-electron chi connectivity index (χ4n) is 0.884. The standard InChI is InChI=1S/C11H18O2/c1-6-7-8-9(2)10(12)11(3,4)13-5/h6-8H,1-5H3/b7-6-,9-8+. The van der Waals surface area contributed by atoms with Crippen LogP contribution >= 0.6 is 0 Å². The Morgan fingerprint density at radius 1 is 1.38 bits per heavy atom. The van der Waals surface area contributed by atoms with E-state index in [2.05, 4.69) is 0 Å². The lowest BCUT2D eigenvalue weighted by Gasteiger charge is -2.21. The Morgan fingerprint density at radius 2 is 1.92 bits per heavy atom. The zero-order chi connectivity index (χ0) is 10.5. The lowest BCUT2D eigenvalue weighted by molar-refractivity contribution is -0.132. The molecule has 74 valence electrons. The summed E-state index contributed by atoms with van der Waals surface area (Å²) in [5.74, 6) is 0.0214. The van der Waals surface area contributed by atoms with E-state index in [1.54, 1.807) is 34.0 Å². The lowest BCUT2D eigenvalue weighted by atomic mass is 9.97. The molecule has 0 saturated heterocycles. The van der Waals surface area contributed by atoms with E-state index in [1.165, 1.54) is 0 Å². The van der Waals surface area contributed by atoms with Crippen LogP contribution < -0.4 is 0 Å². The molecule has 0 unspecified atom stereocenters. The fraction of sp³-hybridized carbons (Fsp3) is 0.545. The third kappa shape index (κ3) is 3.55. The molecule has 0 aliphatic carbocycles. The second kappa shape index (κ2) is 4.97. The smallest absolute Gasteiger partial charge is 0.189 e. The van der Waals surface area contributed by atoms with E-state index >= 15 is 0 Å². The van der Waals surface area contributed by atoms with E-state index < -0.39 is 5.60 Å². The van der Waals surface area contributed by atoms with Crippen LogP contribution in [0.2, 0.25) is 0 Å². The van der Waals surface area contributed by atoms with Crippen LogP contribution in [-0.4, -0.2) is 18.5 Å². The van der Waals surface area contributed by atoms with Crippen molar-refractivity contribution in [1.29, 1.82) is 0 Å². The summed E-state index contributed by atoms with van der Waals surface area (Å²) < 4.78 is 5.09. The Morgan fingerprint density at radius 3 is 2.31 bits per heavy atom. The van der Waals surface area contributed by atoms with Crippen LogP contribution in [0.4, 0.5) is 0 Å². The number of carbonyl (C=O) groups excluding carboxylic acids is 1. The van der Waals surface area contributed by atoms with Crippen molar-refractivity contribution in [2.75, 3.05) is 7.11 Å². The van der Waals surface area contributed by atoms with Crippen molar-refractivity contribution < 1.29 is 9.53 Å². The van der Waals surface area contributed by atoms with Crippen LogP contribution in [0, 0.1) is 0 Å². The van der Waals surface area contributed by atoms with Gasteiger partial charge in [0.15, 0.2) is 5.78 Å². The van der Waals surface area contributed by atoms with Crippen molar-refractivity contribution in [2.45, 2.75) is 33.3 Å². The van der Waals surface area contributed by atoms with Gasteiger partial charge in [-0.2, -0.15) is 0 Å². The van der Waals surface area contributed by atoms with Gasteiger partial charge in [-0.15, -0.1) is 0 Å². The summed E-state index contributed by atoms with van der Waals surface area (Å²) in [6.07, 6.45) is 5.53. The first-order chi connectivity index (χ1) is 5.95. The van der Waals surface area contributed by atoms with Gasteiger partial charge in [-0.25, -0.2) is 0 Å². The fourth-order valence-corrected chi connectivity index (χ4v) is 0.884. The average Bonchev–Trinajstić information content (AvgIpc) is 2.12. The minimum atomic E-state index is -0.720. The van der Waals surface area contributed by atoms with E-state index in [0.29, 0.717) is 5.57 Å². The maximum Gasteiger partial charge on any atom is 0.189 e. The number of ketones is 1. The molecule has 2 heteroatoms. The number of Topliss-reactive ketones (excluding diaryl/α,β-unsaturated/α-hetero) is 1. The molecule has 0 heterocycles. The molecule has 0 aromatic carbocycles. The van der Waals surface area contributed by atoms with Crippen LogP contribution in [0.1, 0.15) is 27.7 Å².